The van der Waals surface area contributed by atoms with Gasteiger partial charge in [-0.2, -0.15) is 0 Å². The van der Waals surface area contributed by atoms with Gasteiger partial charge >= 0.3 is 0 Å². The van der Waals surface area contributed by atoms with Crippen molar-refractivity contribution >= 4 is 0 Å². The first kappa shape index (κ1) is 11.8. The summed E-state index contributed by atoms with van der Waals surface area (Å²) in [4.78, 5) is 0. The van der Waals surface area contributed by atoms with E-state index < -0.39 is 0 Å². The van der Waals surface area contributed by atoms with E-state index >= 15 is 0 Å². The highest BCUT2D eigenvalue weighted by Gasteiger charge is 2.18. The highest BCUT2D eigenvalue weighted by molar-refractivity contribution is 5.19. The van der Waals surface area contributed by atoms with Gasteiger partial charge in [0.2, 0.25) is 0 Å². The lowest BCUT2D eigenvalue weighted by atomic mass is 9.99. The molecule has 0 bridgehead atoms. The molecule has 15 heavy (non-hydrogen) atoms. The molecule has 2 unspecified atom stereocenters. The molecule has 0 aliphatic carbocycles. The molecule has 0 aromatic heterocycles. The second kappa shape index (κ2) is 6.23. The number of methoxy groups -OCH3 is 1. The Labute approximate surface area is 91.4 Å². The molecule has 2 N–H and O–H groups in total. The first-order chi connectivity index (χ1) is 7.29. The van der Waals surface area contributed by atoms with E-state index in [-0.39, 0.29) is 12.1 Å². The van der Waals surface area contributed by atoms with Crippen LogP contribution in [0, 0.1) is 12.3 Å². The van der Waals surface area contributed by atoms with Crippen LogP contribution >= 0.6 is 0 Å². The van der Waals surface area contributed by atoms with Gasteiger partial charge in [0.25, 0.3) is 0 Å². The first-order valence-electron chi connectivity index (χ1n) is 5.06. The van der Waals surface area contributed by atoms with E-state index in [4.69, 9.17) is 16.9 Å². The maximum Gasteiger partial charge on any atom is 0.0972 e. The summed E-state index contributed by atoms with van der Waals surface area (Å²) in [5.74, 6) is 2.59. The lowest BCUT2D eigenvalue weighted by molar-refractivity contribution is 0.0781. The van der Waals surface area contributed by atoms with Crippen LogP contribution in [0.1, 0.15) is 24.5 Å². The van der Waals surface area contributed by atoms with Crippen LogP contribution in [0.15, 0.2) is 30.3 Å². The van der Waals surface area contributed by atoms with Crippen molar-refractivity contribution < 1.29 is 4.74 Å². The van der Waals surface area contributed by atoms with E-state index in [1.165, 1.54) is 0 Å². The fraction of sp³-hybridized carbons (Fsp3) is 0.385. The van der Waals surface area contributed by atoms with Crippen molar-refractivity contribution in [1.29, 1.82) is 0 Å². The lowest BCUT2D eigenvalue weighted by Crippen LogP contribution is -2.29. The molecule has 80 valence electrons. The van der Waals surface area contributed by atoms with Crippen molar-refractivity contribution in [2.75, 3.05) is 7.11 Å². The summed E-state index contributed by atoms with van der Waals surface area (Å²) in [7, 11) is 1.67. The monoisotopic (exact) mass is 203 g/mol. The van der Waals surface area contributed by atoms with E-state index in [1.807, 2.05) is 30.3 Å². The largest absolute Gasteiger partial charge is 0.375 e. The summed E-state index contributed by atoms with van der Waals surface area (Å²) >= 11 is 0. The standard InChI is InChI=1S/C13H17NO/c1-3-4-10-12(14)13(15-2)11-8-6-5-7-9-11/h1,5-9,12-13H,4,10,14H2,2H3. The number of ether oxygens (including phenoxy) is 1. The fourth-order valence-corrected chi connectivity index (χ4v) is 1.60. The van der Waals surface area contributed by atoms with Gasteiger partial charge < -0.3 is 10.5 Å². The van der Waals surface area contributed by atoms with Gasteiger partial charge in [-0.15, -0.1) is 12.3 Å². The highest BCUT2D eigenvalue weighted by Crippen LogP contribution is 2.21. The van der Waals surface area contributed by atoms with E-state index in [9.17, 15) is 0 Å². The van der Waals surface area contributed by atoms with Crippen molar-refractivity contribution in [2.24, 2.45) is 5.73 Å². The third-order valence-electron chi connectivity index (χ3n) is 2.39. The van der Waals surface area contributed by atoms with Crippen molar-refractivity contribution in [1.82, 2.24) is 0 Å². The molecule has 2 nitrogen and oxygen atoms in total. The van der Waals surface area contributed by atoms with E-state index in [0.29, 0.717) is 6.42 Å². The average Bonchev–Trinajstić information content (AvgIpc) is 2.29. The summed E-state index contributed by atoms with van der Waals surface area (Å²) in [6.07, 6.45) is 6.61. The number of benzene rings is 1. The van der Waals surface area contributed by atoms with Gasteiger partial charge in [-0.05, 0) is 12.0 Å². The van der Waals surface area contributed by atoms with Gasteiger partial charge in [0, 0.05) is 19.6 Å². The van der Waals surface area contributed by atoms with Gasteiger partial charge in [-0.1, -0.05) is 30.3 Å². The van der Waals surface area contributed by atoms with Crippen molar-refractivity contribution in [3.05, 3.63) is 35.9 Å². The third kappa shape index (κ3) is 3.39. The number of hydrogen-bond acceptors (Lipinski definition) is 2. The van der Waals surface area contributed by atoms with Crippen LogP contribution in [0.5, 0.6) is 0 Å². The zero-order chi connectivity index (χ0) is 11.1. The second-order valence-corrected chi connectivity index (χ2v) is 3.47. The minimum atomic E-state index is -0.0699. The minimum absolute atomic E-state index is 0.0477. The molecule has 2 heteroatoms. The maximum atomic E-state index is 6.03. The van der Waals surface area contributed by atoms with Crippen LogP contribution < -0.4 is 5.73 Å². The van der Waals surface area contributed by atoms with Crippen molar-refractivity contribution in [3.63, 3.8) is 0 Å². The molecule has 0 radical (unpaired) electrons. The Balaban J connectivity index is 2.68. The molecular weight excluding hydrogens is 186 g/mol. The molecule has 2 atom stereocenters. The molecule has 0 aliphatic heterocycles. The summed E-state index contributed by atoms with van der Waals surface area (Å²) in [6.45, 7) is 0. The Morgan fingerprint density at radius 1 is 1.40 bits per heavy atom. The van der Waals surface area contributed by atoms with Gasteiger partial charge in [-0.3, -0.25) is 0 Å². The molecule has 1 rings (SSSR count). The van der Waals surface area contributed by atoms with Gasteiger partial charge in [-0.25, -0.2) is 0 Å². The second-order valence-electron chi connectivity index (χ2n) is 3.47. The lowest BCUT2D eigenvalue weighted by Gasteiger charge is -2.22. The number of terminal acetylenes is 1. The molecule has 0 saturated carbocycles. The maximum absolute atomic E-state index is 6.03. The summed E-state index contributed by atoms with van der Waals surface area (Å²) in [6, 6.07) is 9.93. The molecule has 0 amide bonds. The number of hydrogen-bond donors (Lipinski definition) is 1. The zero-order valence-corrected chi connectivity index (χ0v) is 9.02. The molecule has 1 aromatic rings. The normalized spacial score (nSPS) is 14.2. The predicted molar refractivity (Wildman–Crippen MR) is 62.2 cm³/mol. The van der Waals surface area contributed by atoms with E-state index in [1.54, 1.807) is 7.11 Å². The summed E-state index contributed by atoms with van der Waals surface area (Å²) < 4.78 is 5.40. The molecule has 1 aromatic carbocycles. The van der Waals surface area contributed by atoms with Crippen LogP contribution in [-0.2, 0) is 4.74 Å². The summed E-state index contributed by atoms with van der Waals surface area (Å²) in [5, 5.41) is 0. The van der Waals surface area contributed by atoms with Crippen LogP contribution in [-0.4, -0.2) is 13.2 Å². The Morgan fingerprint density at radius 3 is 2.60 bits per heavy atom. The Kier molecular flexibility index (Phi) is 4.89. The van der Waals surface area contributed by atoms with Gasteiger partial charge in [0.1, 0.15) is 0 Å². The molecule has 0 aliphatic rings. The topological polar surface area (TPSA) is 35.2 Å². The van der Waals surface area contributed by atoms with Crippen LogP contribution in [0.2, 0.25) is 0 Å². The molecule has 0 fully saturated rings. The molecule has 0 spiro atoms. The predicted octanol–water partition coefficient (Wildman–Crippen LogP) is 2.11. The van der Waals surface area contributed by atoms with Crippen LogP contribution in [0.4, 0.5) is 0 Å². The smallest absolute Gasteiger partial charge is 0.0972 e. The summed E-state index contributed by atoms with van der Waals surface area (Å²) in [5.41, 5.74) is 7.13. The number of nitrogens with two attached hydrogens (primary N) is 1. The average molecular weight is 203 g/mol. The Morgan fingerprint density at radius 2 is 2.07 bits per heavy atom. The third-order valence-corrected chi connectivity index (χ3v) is 2.39. The quantitative estimate of drug-likeness (QED) is 0.744. The first-order valence-corrected chi connectivity index (χ1v) is 5.06. The van der Waals surface area contributed by atoms with Crippen LogP contribution in [0.3, 0.4) is 0 Å². The van der Waals surface area contributed by atoms with Gasteiger partial charge in [0.15, 0.2) is 0 Å². The number of rotatable bonds is 5. The molecule has 0 heterocycles. The Hall–Kier alpha value is -1.30. The van der Waals surface area contributed by atoms with Gasteiger partial charge in [0.05, 0.1) is 6.10 Å². The van der Waals surface area contributed by atoms with Crippen molar-refractivity contribution in [2.45, 2.75) is 25.0 Å². The molecule has 0 saturated heterocycles. The molecular formula is C13H17NO. The fourth-order valence-electron chi connectivity index (χ4n) is 1.60. The van der Waals surface area contributed by atoms with E-state index in [0.717, 1.165) is 12.0 Å². The SMILES string of the molecule is C#CCCC(N)C(OC)c1ccccc1. The zero-order valence-electron chi connectivity index (χ0n) is 9.02. The minimum Gasteiger partial charge on any atom is -0.375 e. The van der Waals surface area contributed by atoms with Crippen molar-refractivity contribution in [3.8, 4) is 12.3 Å². The highest BCUT2D eigenvalue weighted by atomic mass is 16.5. The Bertz CT molecular complexity index is 315. The van der Waals surface area contributed by atoms with E-state index in [2.05, 4.69) is 5.92 Å². The van der Waals surface area contributed by atoms with Crippen LogP contribution in [0.25, 0.3) is 0 Å².